The van der Waals surface area contributed by atoms with Gasteiger partial charge in [0.1, 0.15) is 5.60 Å². The lowest BCUT2D eigenvalue weighted by Gasteiger charge is -2.36. The molecule has 0 radical (unpaired) electrons. The summed E-state index contributed by atoms with van der Waals surface area (Å²) in [5.74, 6) is 0. The average Bonchev–Trinajstić information content (AvgIpc) is 3.01. The molecule has 0 fully saturated rings. The zero-order valence-corrected chi connectivity index (χ0v) is 25.1. The van der Waals surface area contributed by atoms with Crippen molar-refractivity contribution in [2.75, 3.05) is 6.61 Å². The molecule has 0 saturated carbocycles. The minimum absolute atomic E-state index is 0.303. The molecule has 2 nitrogen and oxygen atoms in total. The summed E-state index contributed by atoms with van der Waals surface area (Å²) < 4.78 is 6.77. The molecule has 0 amide bonds. The van der Waals surface area contributed by atoms with Gasteiger partial charge < -0.3 is 9.84 Å². The van der Waals surface area contributed by atoms with Crippen molar-refractivity contribution in [2.24, 2.45) is 0 Å². The van der Waals surface area contributed by atoms with E-state index >= 15 is 0 Å². The Bertz CT molecular complexity index is 889. The van der Waals surface area contributed by atoms with Gasteiger partial charge in [0.2, 0.25) is 0 Å². The SMILES string of the molecule is CCCCCCCCCCCCCCCCCC(O)COC(c1ccccc1)(c1ccccc1)c1ccccc1. The van der Waals surface area contributed by atoms with E-state index in [0.717, 1.165) is 29.5 Å². The lowest BCUT2D eigenvalue weighted by Crippen LogP contribution is -2.35. The quantitative estimate of drug-likeness (QED) is 0.101. The molecule has 40 heavy (non-hydrogen) atoms. The van der Waals surface area contributed by atoms with E-state index in [1.807, 2.05) is 18.2 Å². The lowest BCUT2D eigenvalue weighted by molar-refractivity contribution is -0.0405. The molecule has 0 heterocycles. The van der Waals surface area contributed by atoms with Crippen molar-refractivity contribution >= 4 is 0 Å². The van der Waals surface area contributed by atoms with Gasteiger partial charge in [-0.3, -0.25) is 0 Å². The van der Waals surface area contributed by atoms with Crippen LogP contribution in [0.3, 0.4) is 0 Å². The lowest BCUT2D eigenvalue weighted by atomic mass is 9.80. The molecule has 0 aliphatic rings. The van der Waals surface area contributed by atoms with Crippen LogP contribution < -0.4 is 0 Å². The number of hydrogen-bond donors (Lipinski definition) is 1. The molecule has 1 atom stereocenters. The van der Waals surface area contributed by atoms with Crippen molar-refractivity contribution in [3.05, 3.63) is 108 Å². The Hall–Kier alpha value is -2.42. The second-order valence-electron chi connectivity index (χ2n) is 11.5. The first-order chi connectivity index (χ1) is 19.8. The fourth-order valence-electron chi connectivity index (χ4n) is 5.82. The Morgan fingerprint density at radius 2 is 0.825 bits per heavy atom. The summed E-state index contributed by atoms with van der Waals surface area (Å²) in [6, 6.07) is 31.2. The third kappa shape index (κ3) is 10.9. The normalized spacial score (nSPS) is 12.4. The molecule has 0 aliphatic carbocycles. The summed E-state index contributed by atoms with van der Waals surface area (Å²) in [5, 5.41) is 10.9. The molecule has 3 aromatic carbocycles. The van der Waals surface area contributed by atoms with Crippen LogP contribution in [0.4, 0.5) is 0 Å². The maximum atomic E-state index is 10.9. The third-order valence-electron chi connectivity index (χ3n) is 8.17. The van der Waals surface area contributed by atoms with Gasteiger partial charge in [-0.1, -0.05) is 194 Å². The summed E-state index contributed by atoms with van der Waals surface area (Å²) >= 11 is 0. The number of benzene rings is 3. The van der Waals surface area contributed by atoms with E-state index in [9.17, 15) is 5.11 Å². The molecule has 2 heteroatoms. The first-order valence-corrected chi connectivity index (χ1v) is 16.3. The maximum absolute atomic E-state index is 10.9. The number of aliphatic hydroxyl groups is 1. The average molecular weight is 543 g/mol. The fourth-order valence-corrected chi connectivity index (χ4v) is 5.82. The zero-order chi connectivity index (χ0) is 28.1. The van der Waals surface area contributed by atoms with Crippen molar-refractivity contribution < 1.29 is 9.84 Å². The molecule has 0 bridgehead atoms. The highest BCUT2D eigenvalue weighted by molar-refractivity contribution is 5.47. The predicted molar refractivity (Wildman–Crippen MR) is 171 cm³/mol. The number of hydrogen-bond acceptors (Lipinski definition) is 2. The Balaban J connectivity index is 1.39. The molecule has 0 saturated heterocycles. The Morgan fingerprint density at radius 1 is 0.500 bits per heavy atom. The standard InChI is InChI=1S/C38H54O2/c1-2-3-4-5-6-7-8-9-10-11-12-13-14-15-25-32-37(39)33-40-38(34-26-19-16-20-27-34,35-28-21-17-22-29-35)36-30-23-18-24-31-36/h16-24,26-31,37,39H,2-15,25,32-33H2,1H3. The summed E-state index contributed by atoms with van der Waals surface area (Å²) in [6.45, 7) is 2.59. The van der Waals surface area contributed by atoms with Crippen LogP contribution in [0.1, 0.15) is 126 Å². The second kappa shape index (κ2) is 19.6. The highest BCUT2D eigenvalue weighted by Crippen LogP contribution is 2.40. The Morgan fingerprint density at radius 3 is 1.18 bits per heavy atom. The maximum Gasteiger partial charge on any atom is 0.143 e. The van der Waals surface area contributed by atoms with Gasteiger partial charge in [-0.25, -0.2) is 0 Å². The minimum atomic E-state index is -0.764. The number of unbranched alkanes of at least 4 members (excludes halogenated alkanes) is 14. The van der Waals surface area contributed by atoms with Crippen LogP contribution in [0.2, 0.25) is 0 Å². The molecular formula is C38H54O2. The van der Waals surface area contributed by atoms with Gasteiger partial charge in [-0.15, -0.1) is 0 Å². The smallest absolute Gasteiger partial charge is 0.143 e. The zero-order valence-electron chi connectivity index (χ0n) is 25.1. The topological polar surface area (TPSA) is 29.5 Å². The molecule has 3 aromatic rings. The van der Waals surface area contributed by atoms with E-state index in [4.69, 9.17) is 4.74 Å². The van der Waals surface area contributed by atoms with E-state index in [-0.39, 0.29) is 0 Å². The summed E-state index contributed by atoms with van der Waals surface area (Å²) in [7, 11) is 0. The van der Waals surface area contributed by atoms with E-state index in [2.05, 4.69) is 79.7 Å². The molecule has 0 spiro atoms. The Labute approximate surface area is 245 Å². The summed E-state index contributed by atoms with van der Waals surface area (Å²) in [6.07, 6.45) is 20.6. The first-order valence-electron chi connectivity index (χ1n) is 16.3. The van der Waals surface area contributed by atoms with E-state index in [1.165, 1.54) is 89.9 Å². The van der Waals surface area contributed by atoms with Crippen molar-refractivity contribution in [3.63, 3.8) is 0 Å². The van der Waals surface area contributed by atoms with Crippen molar-refractivity contribution in [1.82, 2.24) is 0 Å². The molecule has 0 aliphatic heterocycles. The van der Waals surface area contributed by atoms with Crippen LogP contribution in [-0.4, -0.2) is 17.8 Å². The van der Waals surface area contributed by atoms with Crippen LogP contribution in [0.15, 0.2) is 91.0 Å². The Kier molecular flexibility index (Phi) is 15.7. The molecule has 218 valence electrons. The van der Waals surface area contributed by atoms with Gasteiger partial charge in [0.05, 0.1) is 12.7 Å². The van der Waals surface area contributed by atoms with Gasteiger partial charge in [-0.2, -0.15) is 0 Å². The van der Waals surface area contributed by atoms with Gasteiger partial charge in [0, 0.05) is 0 Å². The largest absolute Gasteiger partial charge is 0.391 e. The summed E-state index contributed by atoms with van der Waals surface area (Å²) in [5.41, 5.74) is 2.46. The molecule has 1 unspecified atom stereocenters. The van der Waals surface area contributed by atoms with Gasteiger partial charge in [0.25, 0.3) is 0 Å². The highest BCUT2D eigenvalue weighted by atomic mass is 16.5. The van der Waals surface area contributed by atoms with Crippen LogP contribution in [0.5, 0.6) is 0 Å². The second-order valence-corrected chi connectivity index (χ2v) is 11.5. The van der Waals surface area contributed by atoms with Gasteiger partial charge in [0.15, 0.2) is 0 Å². The van der Waals surface area contributed by atoms with E-state index < -0.39 is 11.7 Å². The van der Waals surface area contributed by atoms with Gasteiger partial charge >= 0.3 is 0 Å². The van der Waals surface area contributed by atoms with E-state index in [1.54, 1.807) is 0 Å². The molecule has 1 N–H and O–H groups in total. The van der Waals surface area contributed by atoms with Gasteiger partial charge in [-0.05, 0) is 23.1 Å². The molecule has 0 aromatic heterocycles. The minimum Gasteiger partial charge on any atom is -0.391 e. The third-order valence-corrected chi connectivity index (χ3v) is 8.17. The number of ether oxygens (including phenoxy) is 1. The highest BCUT2D eigenvalue weighted by Gasteiger charge is 2.37. The van der Waals surface area contributed by atoms with Crippen LogP contribution in [-0.2, 0) is 10.3 Å². The summed E-state index contributed by atoms with van der Waals surface area (Å²) in [4.78, 5) is 0. The number of aliphatic hydroxyl groups excluding tert-OH is 1. The van der Waals surface area contributed by atoms with Crippen LogP contribution >= 0.6 is 0 Å². The predicted octanol–water partition coefficient (Wildman–Crippen LogP) is 10.6. The molecule has 3 rings (SSSR count). The first kappa shape index (κ1) is 32.1. The van der Waals surface area contributed by atoms with Crippen LogP contribution in [0.25, 0.3) is 0 Å². The van der Waals surface area contributed by atoms with Crippen molar-refractivity contribution in [2.45, 2.75) is 121 Å². The van der Waals surface area contributed by atoms with Crippen molar-refractivity contribution in [1.29, 1.82) is 0 Å². The monoisotopic (exact) mass is 542 g/mol. The fraction of sp³-hybridized carbons (Fsp3) is 0.526. The molecular weight excluding hydrogens is 488 g/mol. The van der Waals surface area contributed by atoms with Crippen LogP contribution in [0, 0.1) is 0 Å². The number of rotatable bonds is 22. The van der Waals surface area contributed by atoms with E-state index in [0.29, 0.717) is 6.61 Å². The van der Waals surface area contributed by atoms with Crippen molar-refractivity contribution in [3.8, 4) is 0 Å².